The molecule has 0 unspecified atom stereocenters. The van der Waals surface area contributed by atoms with Gasteiger partial charge in [-0.2, -0.15) is 4.98 Å². The molecule has 2 heterocycles. The maximum atomic E-state index is 10.7. The first-order valence-electron chi connectivity index (χ1n) is 2.89. The number of fused-ring (bicyclic) bond motifs is 2. The molecule has 1 aromatic heterocycles. The molecule has 0 amide bonds. The lowest BCUT2D eigenvalue weighted by molar-refractivity contribution is 0.234. The average Bonchev–Trinajstić information content (AvgIpc) is 2.26. The van der Waals surface area contributed by atoms with E-state index in [1.54, 1.807) is 0 Å². The fourth-order valence-corrected chi connectivity index (χ4v) is 1.38. The number of hydrogen-bond donors (Lipinski definition) is 0. The van der Waals surface area contributed by atoms with Crippen molar-refractivity contribution in [3.05, 3.63) is 16.6 Å². The summed E-state index contributed by atoms with van der Waals surface area (Å²) < 4.78 is 30.6. The summed E-state index contributed by atoms with van der Waals surface area (Å²) in [5.74, 6) is -0.438. The molecule has 0 aliphatic carbocycles. The van der Waals surface area contributed by atoms with Crippen LogP contribution in [0.3, 0.4) is 0 Å². The van der Waals surface area contributed by atoms with Gasteiger partial charge in [0, 0.05) is 4.91 Å². The normalized spacial score (nSPS) is 16.6. The van der Waals surface area contributed by atoms with E-state index in [4.69, 9.17) is 5.53 Å². The first-order chi connectivity index (χ1) is 6.11. The predicted octanol–water partition coefficient (Wildman–Crippen LogP) is -0.109. The molecule has 1 aliphatic heterocycles. The molecule has 0 spiro atoms. The number of rotatable bonds is 1. The smallest absolute Gasteiger partial charge is 0.329 e. The molecule has 0 atom stereocenters. The zero-order valence-electron chi connectivity index (χ0n) is 5.85. The molecule has 0 saturated heterocycles. The van der Waals surface area contributed by atoms with Gasteiger partial charge in [0.15, 0.2) is 0 Å². The van der Waals surface area contributed by atoms with Crippen LogP contribution in [0, 0.1) is 0 Å². The van der Waals surface area contributed by atoms with Crippen LogP contribution in [0.4, 0.5) is 5.95 Å². The van der Waals surface area contributed by atoms with E-state index in [1.165, 1.54) is 0 Å². The van der Waals surface area contributed by atoms with Crippen LogP contribution in [0.25, 0.3) is 10.4 Å². The fourth-order valence-electron chi connectivity index (χ4n) is 0.754. The standard InChI is InChI=1S/C3HN5O4S/c4-7-6-3-5-2-1-8(3)12-13(9,10)11-2/h1H. The highest BCUT2D eigenvalue weighted by Crippen LogP contribution is 2.22. The summed E-state index contributed by atoms with van der Waals surface area (Å²) in [7, 11) is -4.11. The van der Waals surface area contributed by atoms with Gasteiger partial charge in [0.25, 0.3) is 5.88 Å². The van der Waals surface area contributed by atoms with E-state index in [0.717, 1.165) is 6.20 Å². The molecule has 2 rings (SSSR count). The van der Waals surface area contributed by atoms with Gasteiger partial charge in [-0.3, -0.25) is 4.28 Å². The summed E-state index contributed by atoms with van der Waals surface area (Å²) in [5, 5.41) is 3.07. The minimum atomic E-state index is -4.11. The Morgan fingerprint density at radius 2 is 2.46 bits per heavy atom. The highest BCUT2D eigenvalue weighted by molar-refractivity contribution is 7.82. The highest BCUT2D eigenvalue weighted by atomic mass is 32.3. The van der Waals surface area contributed by atoms with Gasteiger partial charge in [-0.05, 0) is 10.6 Å². The summed E-state index contributed by atoms with van der Waals surface area (Å²) in [6.07, 6.45) is 1.13. The van der Waals surface area contributed by atoms with Crippen LogP contribution in [0.1, 0.15) is 0 Å². The van der Waals surface area contributed by atoms with E-state index in [0.29, 0.717) is 4.73 Å². The summed E-state index contributed by atoms with van der Waals surface area (Å²) >= 11 is 0. The van der Waals surface area contributed by atoms with Crippen LogP contribution in [0.2, 0.25) is 0 Å². The molecular weight excluding hydrogens is 202 g/mol. The molecule has 68 valence electrons. The lowest BCUT2D eigenvalue weighted by Crippen LogP contribution is -2.26. The molecule has 0 radical (unpaired) electrons. The monoisotopic (exact) mass is 203 g/mol. The molecule has 1 aliphatic rings. The van der Waals surface area contributed by atoms with Crippen molar-refractivity contribution in [1.82, 2.24) is 9.71 Å². The van der Waals surface area contributed by atoms with E-state index < -0.39 is 10.4 Å². The van der Waals surface area contributed by atoms with Crippen molar-refractivity contribution in [3.63, 3.8) is 0 Å². The molecule has 0 aromatic carbocycles. The molecule has 13 heavy (non-hydrogen) atoms. The molecule has 0 fully saturated rings. The first-order valence-corrected chi connectivity index (χ1v) is 4.23. The van der Waals surface area contributed by atoms with Crippen molar-refractivity contribution in [2.24, 2.45) is 5.11 Å². The van der Waals surface area contributed by atoms with E-state index >= 15 is 0 Å². The minimum absolute atomic E-state index is 0.200. The summed E-state index contributed by atoms with van der Waals surface area (Å²) in [6.45, 7) is 0. The third-order valence-electron chi connectivity index (χ3n) is 1.13. The Bertz CT molecular complexity index is 496. The van der Waals surface area contributed by atoms with Gasteiger partial charge < -0.3 is 4.18 Å². The van der Waals surface area contributed by atoms with E-state index in [-0.39, 0.29) is 11.8 Å². The van der Waals surface area contributed by atoms with Crippen molar-refractivity contribution in [1.29, 1.82) is 0 Å². The summed E-state index contributed by atoms with van der Waals surface area (Å²) in [4.78, 5) is 5.91. The molecule has 1 aromatic rings. The number of aromatic nitrogens is 2. The van der Waals surface area contributed by atoms with Crippen LogP contribution in [0.15, 0.2) is 11.3 Å². The molecular formula is C3HN5O4S. The number of nitrogens with zero attached hydrogens (tertiary/aromatic N) is 5. The van der Waals surface area contributed by atoms with Crippen LogP contribution in [0.5, 0.6) is 5.88 Å². The number of azide groups is 1. The maximum absolute atomic E-state index is 10.7. The van der Waals surface area contributed by atoms with Gasteiger partial charge in [0.2, 0.25) is 5.95 Å². The van der Waals surface area contributed by atoms with Gasteiger partial charge in [-0.25, -0.2) is 0 Å². The van der Waals surface area contributed by atoms with E-state index in [1.807, 2.05) is 0 Å². The quantitative estimate of drug-likeness (QED) is 0.358. The van der Waals surface area contributed by atoms with Gasteiger partial charge in [-0.1, -0.05) is 0 Å². The summed E-state index contributed by atoms with van der Waals surface area (Å²) in [5.41, 5.74) is 8.06. The van der Waals surface area contributed by atoms with Crippen LogP contribution < -0.4 is 8.47 Å². The molecule has 0 N–H and O–H groups in total. The maximum Gasteiger partial charge on any atom is 0.522 e. The van der Waals surface area contributed by atoms with Crippen molar-refractivity contribution < 1.29 is 16.9 Å². The largest absolute Gasteiger partial charge is 0.522 e. The van der Waals surface area contributed by atoms with Gasteiger partial charge in [0.1, 0.15) is 6.20 Å². The van der Waals surface area contributed by atoms with Gasteiger partial charge >= 0.3 is 10.4 Å². The zero-order valence-corrected chi connectivity index (χ0v) is 6.67. The van der Waals surface area contributed by atoms with Crippen molar-refractivity contribution >= 4 is 16.3 Å². The third kappa shape index (κ3) is 1.23. The van der Waals surface area contributed by atoms with Crippen molar-refractivity contribution in [2.75, 3.05) is 0 Å². The van der Waals surface area contributed by atoms with Gasteiger partial charge in [-0.15, -0.1) is 13.1 Å². The average molecular weight is 203 g/mol. The van der Waals surface area contributed by atoms with E-state index in [2.05, 4.69) is 23.5 Å². The Morgan fingerprint density at radius 1 is 1.69 bits per heavy atom. The Hall–Kier alpha value is -1.93. The predicted molar refractivity (Wildman–Crippen MR) is 37.2 cm³/mol. The van der Waals surface area contributed by atoms with Gasteiger partial charge in [0.05, 0.1) is 0 Å². The highest BCUT2D eigenvalue weighted by Gasteiger charge is 2.26. The third-order valence-corrected chi connectivity index (χ3v) is 1.85. The first kappa shape index (κ1) is 7.71. The Morgan fingerprint density at radius 3 is 3.15 bits per heavy atom. The van der Waals surface area contributed by atoms with E-state index in [9.17, 15) is 8.42 Å². The molecule has 9 nitrogen and oxygen atoms in total. The van der Waals surface area contributed by atoms with Crippen molar-refractivity contribution in [3.8, 4) is 5.88 Å². The second-order valence-electron chi connectivity index (χ2n) is 1.96. The Kier molecular flexibility index (Phi) is 1.35. The Balaban J connectivity index is 2.56. The van der Waals surface area contributed by atoms with Crippen molar-refractivity contribution in [2.45, 2.75) is 0 Å². The zero-order chi connectivity index (χ0) is 9.47. The molecule has 10 heteroatoms. The fraction of sp³-hybridized carbons (Fsp3) is 0. The minimum Gasteiger partial charge on any atom is -0.329 e. The lowest BCUT2D eigenvalue weighted by Gasteiger charge is -2.07. The summed E-state index contributed by atoms with van der Waals surface area (Å²) in [6, 6.07) is 0. The number of imidazole rings is 1. The number of hydrogen-bond acceptors (Lipinski definition) is 6. The SMILES string of the molecule is [N-]=[N+]=Nc1nc2cn1OS(=O)(=O)O2. The molecule has 2 bridgehead atoms. The molecule has 0 saturated carbocycles. The van der Waals surface area contributed by atoms with Crippen LogP contribution >= 0.6 is 0 Å². The second kappa shape index (κ2) is 2.28. The lowest BCUT2D eigenvalue weighted by atomic mass is 10.9. The topological polar surface area (TPSA) is 119 Å². The Labute approximate surface area is 71.4 Å². The van der Waals surface area contributed by atoms with Crippen LogP contribution in [-0.2, 0) is 10.4 Å². The van der Waals surface area contributed by atoms with Crippen LogP contribution in [-0.4, -0.2) is 18.1 Å². The second-order valence-corrected chi connectivity index (χ2v) is 3.09.